The summed E-state index contributed by atoms with van der Waals surface area (Å²) in [7, 11) is 0. The summed E-state index contributed by atoms with van der Waals surface area (Å²) < 4.78 is 18.7. The van der Waals surface area contributed by atoms with E-state index in [1.54, 1.807) is 0 Å². The predicted molar refractivity (Wildman–Crippen MR) is 60.3 cm³/mol. The lowest BCUT2D eigenvalue weighted by Gasteiger charge is -2.32. The lowest BCUT2D eigenvalue weighted by molar-refractivity contribution is -0.151. The van der Waals surface area contributed by atoms with E-state index in [0.717, 1.165) is 0 Å². The first kappa shape index (κ1) is 12.3. The molecule has 1 aliphatic rings. The quantitative estimate of drug-likeness (QED) is 0.903. The van der Waals surface area contributed by atoms with Gasteiger partial charge in [0, 0.05) is 10.6 Å². The molecule has 1 N–H and O–H groups in total. The molecule has 17 heavy (non-hydrogen) atoms. The highest BCUT2D eigenvalue weighted by atomic mass is 35.5. The van der Waals surface area contributed by atoms with Crippen molar-refractivity contribution in [1.82, 2.24) is 0 Å². The highest BCUT2D eigenvalue weighted by Crippen LogP contribution is 2.31. The van der Waals surface area contributed by atoms with Gasteiger partial charge in [-0.15, -0.1) is 0 Å². The zero-order chi connectivity index (χ0) is 12.4. The Morgan fingerprint density at radius 1 is 1.53 bits per heavy atom. The topological polar surface area (TPSA) is 46.5 Å². The molecule has 1 saturated carbocycles. The molecule has 0 atom stereocenters. The fourth-order valence-electron chi connectivity index (χ4n) is 1.76. The molecule has 0 spiro atoms. The van der Waals surface area contributed by atoms with Crippen molar-refractivity contribution in [3.8, 4) is 0 Å². The molecule has 0 amide bonds. The number of halogens is 2. The molecule has 1 fully saturated rings. The smallest absolute Gasteiger partial charge is 0.306 e. The van der Waals surface area contributed by atoms with Crippen molar-refractivity contribution in [3.63, 3.8) is 0 Å². The van der Waals surface area contributed by atoms with E-state index in [0.29, 0.717) is 23.4 Å². The Labute approximate surface area is 103 Å². The molecule has 0 saturated heterocycles. The van der Waals surface area contributed by atoms with Crippen molar-refractivity contribution in [2.24, 2.45) is 5.92 Å². The summed E-state index contributed by atoms with van der Waals surface area (Å²) in [6, 6.07) is 4.29. The second-order valence-electron chi connectivity index (χ2n) is 4.18. The molecule has 3 nitrogen and oxygen atoms in total. The van der Waals surface area contributed by atoms with E-state index in [9.17, 15) is 9.18 Å². The molecule has 0 bridgehead atoms. The third-order valence-corrected chi connectivity index (χ3v) is 3.16. The van der Waals surface area contributed by atoms with Crippen molar-refractivity contribution < 1.29 is 19.0 Å². The number of hydrogen-bond acceptors (Lipinski definition) is 2. The van der Waals surface area contributed by atoms with Crippen LogP contribution in [0, 0.1) is 11.7 Å². The molecule has 5 heteroatoms. The lowest BCUT2D eigenvalue weighted by Crippen LogP contribution is -2.36. The van der Waals surface area contributed by atoms with E-state index in [4.69, 9.17) is 21.4 Å². The van der Waals surface area contributed by atoms with E-state index < -0.39 is 5.97 Å². The molecule has 1 aromatic carbocycles. The van der Waals surface area contributed by atoms with Gasteiger partial charge in [0.05, 0.1) is 18.6 Å². The molecule has 1 aliphatic carbocycles. The molecule has 0 aliphatic heterocycles. The van der Waals surface area contributed by atoms with Gasteiger partial charge in [-0.25, -0.2) is 4.39 Å². The van der Waals surface area contributed by atoms with Gasteiger partial charge in [0.1, 0.15) is 5.82 Å². The number of carbonyl (C=O) groups is 1. The first-order chi connectivity index (χ1) is 8.06. The third-order valence-electron chi connectivity index (χ3n) is 2.93. The highest BCUT2D eigenvalue weighted by Gasteiger charge is 2.35. The minimum atomic E-state index is -0.793. The summed E-state index contributed by atoms with van der Waals surface area (Å²) in [5, 5.41) is 9.14. The highest BCUT2D eigenvalue weighted by molar-refractivity contribution is 6.30. The number of carboxylic acid groups (broad SMARTS) is 1. The standard InChI is InChI=1S/C12H12ClFO3/c13-9-1-2-11(14)8(3-9)6-17-10-4-7(5-10)12(15)16/h1-3,7,10H,4-6H2,(H,15,16). The van der Waals surface area contributed by atoms with Gasteiger partial charge < -0.3 is 9.84 Å². The fourth-order valence-corrected chi connectivity index (χ4v) is 1.96. The van der Waals surface area contributed by atoms with Crippen molar-refractivity contribution in [2.75, 3.05) is 0 Å². The summed E-state index contributed by atoms with van der Waals surface area (Å²) >= 11 is 5.74. The summed E-state index contributed by atoms with van der Waals surface area (Å²) in [4.78, 5) is 10.6. The zero-order valence-corrected chi connectivity index (χ0v) is 9.78. The zero-order valence-electron chi connectivity index (χ0n) is 9.03. The van der Waals surface area contributed by atoms with Crippen molar-refractivity contribution >= 4 is 17.6 Å². The van der Waals surface area contributed by atoms with Crippen LogP contribution in [0.2, 0.25) is 5.02 Å². The molecule has 92 valence electrons. The van der Waals surface area contributed by atoms with Crippen LogP contribution in [0.3, 0.4) is 0 Å². The van der Waals surface area contributed by atoms with Crippen molar-refractivity contribution in [2.45, 2.75) is 25.6 Å². The van der Waals surface area contributed by atoms with Crippen LogP contribution in [0.5, 0.6) is 0 Å². The molecule has 2 rings (SSSR count). The average Bonchev–Trinajstić information content (AvgIpc) is 2.20. The Balaban J connectivity index is 1.83. The molecule has 0 radical (unpaired) electrons. The Morgan fingerprint density at radius 2 is 2.24 bits per heavy atom. The Kier molecular flexibility index (Phi) is 3.64. The lowest BCUT2D eigenvalue weighted by atomic mass is 9.82. The normalized spacial score (nSPS) is 23.2. The molecule has 0 aromatic heterocycles. The largest absolute Gasteiger partial charge is 0.481 e. The monoisotopic (exact) mass is 258 g/mol. The Bertz CT molecular complexity index is 430. The predicted octanol–water partition coefficient (Wildman–Crippen LogP) is 2.86. The van der Waals surface area contributed by atoms with Crippen molar-refractivity contribution in [3.05, 3.63) is 34.6 Å². The maximum Gasteiger partial charge on any atom is 0.306 e. The van der Waals surface area contributed by atoms with Gasteiger partial charge in [0.15, 0.2) is 0 Å². The summed E-state index contributed by atoms with van der Waals surface area (Å²) in [5.74, 6) is -1.47. The third kappa shape index (κ3) is 2.96. The molecular formula is C12H12ClFO3. The fraction of sp³-hybridized carbons (Fsp3) is 0.417. The van der Waals surface area contributed by atoms with E-state index >= 15 is 0 Å². The number of rotatable bonds is 4. The first-order valence-electron chi connectivity index (χ1n) is 5.34. The van der Waals surface area contributed by atoms with E-state index in [1.165, 1.54) is 18.2 Å². The minimum absolute atomic E-state index is 0.0884. The maximum atomic E-state index is 13.3. The first-order valence-corrected chi connectivity index (χ1v) is 5.72. The van der Waals surface area contributed by atoms with Gasteiger partial charge in [0.25, 0.3) is 0 Å². The van der Waals surface area contributed by atoms with Crippen molar-refractivity contribution in [1.29, 1.82) is 0 Å². The van der Waals surface area contributed by atoms with Crippen LogP contribution in [-0.2, 0) is 16.1 Å². The summed E-state index contributed by atoms with van der Waals surface area (Å²) in [6.45, 7) is 0.128. The van der Waals surface area contributed by atoms with Crippen LogP contribution in [-0.4, -0.2) is 17.2 Å². The van der Waals surface area contributed by atoms with Crippen LogP contribution in [0.25, 0.3) is 0 Å². The molecule has 0 heterocycles. The number of carboxylic acids is 1. The minimum Gasteiger partial charge on any atom is -0.481 e. The van der Waals surface area contributed by atoms with Crippen LogP contribution in [0.15, 0.2) is 18.2 Å². The van der Waals surface area contributed by atoms with Gasteiger partial charge >= 0.3 is 5.97 Å². The van der Waals surface area contributed by atoms with Crippen LogP contribution < -0.4 is 0 Å². The number of aliphatic carboxylic acids is 1. The summed E-state index contributed by atoms with van der Waals surface area (Å²) in [6.07, 6.45) is 0.907. The number of hydrogen-bond donors (Lipinski definition) is 1. The van der Waals surface area contributed by atoms with Crippen LogP contribution in [0.1, 0.15) is 18.4 Å². The molecule has 0 unspecified atom stereocenters. The molecular weight excluding hydrogens is 247 g/mol. The van der Waals surface area contributed by atoms with Crippen LogP contribution in [0.4, 0.5) is 4.39 Å². The number of ether oxygens (including phenoxy) is 1. The van der Waals surface area contributed by atoms with Gasteiger partial charge in [-0.1, -0.05) is 11.6 Å². The number of benzene rings is 1. The van der Waals surface area contributed by atoms with Gasteiger partial charge in [-0.2, -0.15) is 0 Å². The van der Waals surface area contributed by atoms with Gasteiger partial charge in [-0.05, 0) is 31.0 Å². The van der Waals surface area contributed by atoms with Gasteiger partial charge in [0.2, 0.25) is 0 Å². The van der Waals surface area contributed by atoms with Gasteiger partial charge in [-0.3, -0.25) is 4.79 Å². The second-order valence-corrected chi connectivity index (χ2v) is 4.61. The van der Waals surface area contributed by atoms with E-state index in [1.807, 2.05) is 0 Å². The second kappa shape index (κ2) is 5.02. The average molecular weight is 259 g/mol. The van der Waals surface area contributed by atoms with Crippen LogP contribution >= 0.6 is 11.6 Å². The van der Waals surface area contributed by atoms with E-state index in [-0.39, 0.29) is 24.4 Å². The van der Waals surface area contributed by atoms with E-state index in [2.05, 4.69) is 0 Å². The summed E-state index contributed by atoms with van der Waals surface area (Å²) in [5.41, 5.74) is 0.399. The Hall–Kier alpha value is -1.13. The maximum absolute atomic E-state index is 13.3. The molecule has 1 aromatic rings. The SMILES string of the molecule is O=C(O)C1CC(OCc2cc(Cl)ccc2F)C1. The Morgan fingerprint density at radius 3 is 2.88 bits per heavy atom.